The summed E-state index contributed by atoms with van der Waals surface area (Å²) in [5, 5.41) is 6.80. The summed E-state index contributed by atoms with van der Waals surface area (Å²) in [6.45, 7) is 2.62. The van der Waals surface area contributed by atoms with Crippen LogP contribution in [0.15, 0.2) is 52.1 Å². The highest BCUT2D eigenvalue weighted by molar-refractivity contribution is 14.0. The van der Waals surface area contributed by atoms with Crippen molar-refractivity contribution < 1.29 is 9.15 Å². The maximum Gasteiger partial charge on any atom is 0.191 e. The first-order valence-electron chi connectivity index (χ1n) is 9.52. The molecule has 2 atom stereocenters. The van der Waals surface area contributed by atoms with Gasteiger partial charge < -0.3 is 19.8 Å². The van der Waals surface area contributed by atoms with E-state index < -0.39 is 0 Å². The average molecular weight is 498 g/mol. The van der Waals surface area contributed by atoms with Crippen LogP contribution in [-0.2, 0) is 6.54 Å². The average Bonchev–Trinajstić information content (AvgIpc) is 3.22. The number of methoxy groups -OCH3 is 1. The van der Waals surface area contributed by atoms with Crippen molar-refractivity contribution in [1.82, 2.24) is 15.5 Å². The van der Waals surface area contributed by atoms with Crippen molar-refractivity contribution in [3.05, 3.63) is 54.0 Å². The lowest BCUT2D eigenvalue weighted by Gasteiger charge is -2.40. The monoisotopic (exact) mass is 498 g/mol. The Balaban J connectivity index is 0.00000280. The fourth-order valence-electron chi connectivity index (χ4n) is 3.83. The van der Waals surface area contributed by atoms with Crippen LogP contribution in [0.25, 0.3) is 0 Å². The molecule has 0 bridgehead atoms. The molecule has 2 unspecified atom stereocenters. The predicted octanol–water partition coefficient (Wildman–Crippen LogP) is 3.65. The van der Waals surface area contributed by atoms with Gasteiger partial charge in [0.15, 0.2) is 5.96 Å². The molecule has 2 aromatic rings. The largest absolute Gasteiger partial charge is 0.497 e. The molecule has 3 rings (SSSR count). The standard InChI is InChI=1S/C21H30N4O2.HI/c1-22-21(24-15-19-7-5-13-27-19)23-14-17-6-4-12-25(2)20(17)16-8-10-18(26-3)11-9-16;/h5,7-11,13,17,20H,4,6,12,14-15H2,1-3H3,(H2,22,23,24);1H. The maximum atomic E-state index is 5.37. The number of guanidine groups is 1. The van der Waals surface area contributed by atoms with Crippen molar-refractivity contribution in [3.63, 3.8) is 0 Å². The summed E-state index contributed by atoms with van der Waals surface area (Å²) >= 11 is 0. The zero-order valence-electron chi connectivity index (χ0n) is 16.9. The Morgan fingerprint density at radius 3 is 2.68 bits per heavy atom. The summed E-state index contributed by atoms with van der Waals surface area (Å²) in [5.41, 5.74) is 1.34. The van der Waals surface area contributed by atoms with Gasteiger partial charge in [0.05, 0.1) is 19.9 Å². The number of rotatable bonds is 6. The van der Waals surface area contributed by atoms with Gasteiger partial charge in [0.25, 0.3) is 0 Å². The molecule has 1 aliphatic heterocycles. The minimum absolute atomic E-state index is 0. The SMILES string of the molecule is CN=C(NCc1ccco1)NCC1CCCN(C)C1c1ccc(OC)cc1.I. The van der Waals surface area contributed by atoms with Gasteiger partial charge in [-0.3, -0.25) is 9.89 Å². The number of aliphatic imine (C=N–C) groups is 1. The summed E-state index contributed by atoms with van der Waals surface area (Å²) in [6.07, 6.45) is 4.10. The number of likely N-dealkylation sites (tertiary alicyclic amines) is 1. The third-order valence-corrected chi connectivity index (χ3v) is 5.23. The zero-order chi connectivity index (χ0) is 19.1. The van der Waals surface area contributed by atoms with E-state index in [0.29, 0.717) is 18.5 Å². The van der Waals surface area contributed by atoms with E-state index in [1.807, 2.05) is 24.3 Å². The van der Waals surface area contributed by atoms with Crippen LogP contribution in [0.4, 0.5) is 0 Å². The molecule has 7 heteroatoms. The highest BCUT2D eigenvalue weighted by Crippen LogP contribution is 2.35. The molecular weight excluding hydrogens is 467 g/mol. The van der Waals surface area contributed by atoms with Crippen molar-refractivity contribution >= 4 is 29.9 Å². The summed E-state index contributed by atoms with van der Waals surface area (Å²) in [4.78, 5) is 6.79. The van der Waals surface area contributed by atoms with Crippen molar-refractivity contribution in [2.45, 2.75) is 25.4 Å². The van der Waals surface area contributed by atoms with Gasteiger partial charge in [-0.2, -0.15) is 0 Å². The van der Waals surface area contributed by atoms with E-state index in [2.05, 4.69) is 39.7 Å². The van der Waals surface area contributed by atoms with Crippen LogP contribution in [0.1, 0.15) is 30.2 Å². The van der Waals surface area contributed by atoms with Crippen LogP contribution in [0.3, 0.4) is 0 Å². The minimum atomic E-state index is 0. The molecule has 0 saturated carbocycles. The van der Waals surface area contributed by atoms with Crippen molar-refractivity contribution in [2.75, 3.05) is 34.3 Å². The summed E-state index contributed by atoms with van der Waals surface area (Å²) in [5.74, 6) is 3.10. The molecule has 28 heavy (non-hydrogen) atoms. The van der Waals surface area contributed by atoms with E-state index in [1.54, 1.807) is 20.4 Å². The van der Waals surface area contributed by atoms with Crippen LogP contribution in [0.2, 0.25) is 0 Å². The highest BCUT2D eigenvalue weighted by Gasteiger charge is 2.30. The number of hydrogen-bond donors (Lipinski definition) is 2. The van der Waals surface area contributed by atoms with Crippen molar-refractivity contribution in [3.8, 4) is 5.75 Å². The zero-order valence-corrected chi connectivity index (χ0v) is 19.2. The van der Waals surface area contributed by atoms with Gasteiger partial charge in [0.1, 0.15) is 11.5 Å². The van der Waals surface area contributed by atoms with E-state index in [0.717, 1.165) is 30.6 Å². The Kier molecular flexibility index (Phi) is 9.11. The molecule has 154 valence electrons. The van der Waals surface area contributed by atoms with Crippen molar-refractivity contribution in [1.29, 1.82) is 0 Å². The normalized spacial score (nSPS) is 20.3. The molecule has 1 fully saturated rings. The van der Waals surface area contributed by atoms with E-state index in [1.165, 1.54) is 18.4 Å². The first-order chi connectivity index (χ1) is 13.2. The number of benzene rings is 1. The molecule has 6 nitrogen and oxygen atoms in total. The van der Waals surface area contributed by atoms with Gasteiger partial charge in [-0.25, -0.2) is 0 Å². The number of ether oxygens (including phenoxy) is 1. The lowest BCUT2D eigenvalue weighted by molar-refractivity contribution is 0.122. The van der Waals surface area contributed by atoms with Gasteiger partial charge in [-0.15, -0.1) is 24.0 Å². The van der Waals surface area contributed by atoms with E-state index in [4.69, 9.17) is 9.15 Å². The molecular formula is C21H31IN4O2. The number of nitrogens with zero attached hydrogens (tertiary/aromatic N) is 2. The van der Waals surface area contributed by atoms with E-state index in [-0.39, 0.29) is 24.0 Å². The van der Waals surface area contributed by atoms with Gasteiger partial charge >= 0.3 is 0 Å². The quantitative estimate of drug-likeness (QED) is 0.362. The first-order valence-corrected chi connectivity index (χ1v) is 9.52. The summed E-state index contributed by atoms with van der Waals surface area (Å²) < 4.78 is 10.7. The highest BCUT2D eigenvalue weighted by atomic mass is 127. The van der Waals surface area contributed by atoms with Crippen LogP contribution in [0.5, 0.6) is 5.75 Å². The predicted molar refractivity (Wildman–Crippen MR) is 123 cm³/mol. The second-order valence-electron chi connectivity index (χ2n) is 6.99. The number of hydrogen-bond acceptors (Lipinski definition) is 4. The number of furan rings is 1. The van der Waals surface area contributed by atoms with Crippen LogP contribution in [-0.4, -0.2) is 45.2 Å². The molecule has 1 saturated heterocycles. The van der Waals surface area contributed by atoms with Crippen LogP contribution in [0, 0.1) is 5.92 Å². The molecule has 2 N–H and O–H groups in total. The molecule has 0 amide bonds. The Morgan fingerprint density at radius 1 is 1.25 bits per heavy atom. The van der Waals surface area contributed by atoms with Gasteiger partial charge in [-0.1, -0.05) is 12.1 Å². The molecule has 0 aliphatic carbocycles. The lowest BCUT2D eigenvalue weighted by Crippen LogP contribution is -2.44. The van der Waals surface area contributed by atoms with Crippen molar-refractivity contribution in [2.24, 2.45) is 10.9 Å². The van der Waals surface area contributed by atoms with Crippen LogP contribution < -0.4 is 15.4 Å². The fourth-order valence-corrected chi connectivity index (χ4v) is 3.83. The third kappa shape index (κ3) is 5.88. The Morgan fingerprint density at radius 2 is 2.04 bits per heavy atom. The number of piperidine rings is 1. The van der Waals surface area contributed by atoms with Crippen LogP contribution >= 0.6 is 24.0 Å². The molecule has 0 spiro atoms. The number of nitrogens with one attached hydrogen (secondary N) is 2. The smallest absolute Gasteiger partial charge is 0.191 e. The van der Waals surface area contributed by atoms with Gasteiger partial charge in [-0.05, 0) is 62.2 Å². The van der Waals surface area contributed by atoms with Gasteiger partial charge in [0, 0.05) is 19.6 Å². The molecule has 1 aliphatic rings. The topological polar surface area (TPSA) is 62.0 Å². The lowest BCUT2D eigenvalue weighted by atomic mass is 9.85. The first kappa shape index (κ1) is 22.5. The third-order valence-electron chi connectivity index (χ3n) is 5.23. The minimum Gasteiger partial charge on any atom is -0.497 e. The Hall–Kier alpha value is -1.74. The fraction of sp³-hybridized carbons (Fsp3) is 0.476. The molecule has 0 radical (unpaired) electrons. The molecule has 1 aromatic carbocycles. The second-order valence-corrected chi connectivity index (χ2v) is 6.99. The van der Waals surface area contributed by atoms with E-state index >= 15 is 0 Å². The van der Waals surface area contributed by atoms with Gasteiger partial charge in [0.2, 0.25) is 0 Å². The maximum absolute atomic E-state index is 5.37. The van der Waals surface area contributed by atoms with E-state index in [9.17, 15) is 0 Å². The molecule has 1 aromatic heterocycles. The molecule has 2 heterocycles. The Labute approximate surface area is 184 Å². The number of halogens is 1. The Bertz CT molecular complexity index is 719. The summed E-state index contributed by atoms with van der Waals surface area (Å²) in [6, 6.07) is 12.7. The summed E-state index contributed by atoms with van der Waals surface area (Å²) in [7, 11) is 5.71. The second kappa shape index (κ2) is 11.3.